The lowest BCUT2D eigenvalue weighted by Crippen LogP contribution is -2.07. The van der Waals surface area contributed by atoms with E-state index in [-0.39, 0.29) is 33.9 Å². The predicted molar refractivity (Wildman–Crippen MR) is 130 cm³/mol. The molecule has 3 aromatic carbocycles. The number of rotatable bonds is 6. The van der Waals surface area contributed by atoms with Gasteiger partial charge in [-0.3, -0.25) is 0 Å². The Labute approximate surface area is 193 Å². The van der Waals surface area contributed by atoms with Gasteiger partial charge in [-0.1, -0.05) is 80.9 Å². The minimum absolute atomic E-state index is 0.0399. The molecule has 1 aliphatic carbocycles. The molecule has 0 heterocycles. The van der Waals surface area contributed by atoms with E-state index >= 15 is 8.78 Å². The molecule has 0 radical (unpaired) electrons. The highest BCUT2D eigenvalue weighted by Crippen LogP contribution is 2.52. The van der Waals surface area contributed by atoms with Crippen LogP contribution in [0.5, 0.6) is 0 Å². The highest BCUT2D eigenvalue weighted by molar-refractivity contribution is 6.34. The van der Waals surface area contributed by atoms with Gasteiger partial charge in [-0.2, -0.15) is 0 Å². The smallest absolute Gasteiger partial charge is 0.142 e. The van der Waals surface area contributed by atoms with Crippen LogP contribution in [0.3, 0.4) is 0 Å². The van der Waals surface area contributed by atoms with Crippen molar-refractivity contribution in [3.8, 4) is 11.1 Å². The predicted octanol–water partition coefficient (Wildman–Crippen LogP) is 8.00. The van der Waals surface area contributed by atoms with Gasteiger partial charge in [-0.15, -0.1) is 0 Å². The van der Waals surface area contributed by atoms with E-state index in [2.05, 4.69) is 32.6 Å². The molecule has 166 valence electrons. The number of hydrogen-bond donors (Lipinski definition) is 1. The Kier molecular flexibility index (Phi) is 6.39. The molecule has 0 fully saturated rings. The van der Waals surface area contributed by atoms with E-state index in [4.69, 9.17) is 17.3 Å². The van der Waals surface area contributed by atoms with Crippen molar-refractivity contribution in [3.05, 3.63) is 99.6 Å². The van der Waals surface area contributed by atoms with Gasteiger partial charge in [-0.25, -0.2) is 8.78 Å². The van der Waals surface area contributed by atoms with Gasteiger partial charge in [0.15, 0.2) is 0 Å². The molecule has 1 aliphatic rings. The molecule has 0 spiro atoms. The number of benzene rings is 3. The number of hydrogen-bond acceptors (Lipinski definition) is 1. The van der Waals surface area contributed by atoms with Crippen molar-refractivity contribution < 1.29 is 8.78 Å². The van der Waals surface area contributed by atoms with Crippen molar-refractivity contribution in [2.45, 2.75) is 51.4 Å². The Balaban J connectivity index is 1.97. The van der Waals surface area contributed by atoms with Gasteiger partial charge in [0.25, 0.3) is 0 Å². The Morgan fingerprint density at radius 3 is 2.50 bits per heavy atom. The molecule has 3 aromatic rings. The van der Waals surface area contributed by atoms with Crippen LogP contribution < -0.4 is 5.73 Å². The van der Waals surface area contributed by atoms with Gasteiger partial charge >= 0.3 is 0 Å². The summed E-state index contributed by atoms with van der Waals surface area (Å²) in [7, 11) is 0. The third-order valence-electron chi connectivity index (χ3n) is 6.69. The first-order valence-corrected chi connectivity index (χ1v) is 11.5. The first-order valence-electron chi connectivity index (χ1n) is 11.2. The highest BCUT2D eigenvalue weighted by Gasteiger charge is 2.36. The van der Waals surface area contributed by atoms with E-state index in [0.29, 0.717) is 29.5 Å². The third-order valence-corrected chi connectivity index (χ3v) is 7.06. The Bertz CT molecular complexity index is 1170. The van der Waals surface area contributed by atoms with Crippen LogP contribution in [0.2, 0.25) is 5.02 Å². The topological polar surface area (TPSA) is 26.0 Å². The normalized spacial score (nSPS) is 17.4. The molecular weight excluding hydrogens is 424 g/mol. The summed E-state index contributed by atoms with van der Waals surface area (Å²) in [5, 5.41) is -0.0571. The number of nitrogens with two attached hydrogens (primary N) is 1. The molecule has 0 aromatic heterocycles. The lowest BCUT2D eigenvalue weighted by molar-refractivity contribution is 0.603. The maximum atomic E-state index is 16.0. The average Bonchev–Trinajstić information content (AvgIpc) is 3.10. The van der Waals surface area contributed by atoms with E-state index in [0.717, 1.165) is 24.0 Å². The standard InChI is InChI=1S/C28H28ClF2N/c1-4-5-9-19-12-13-21(17(3)32)25(28(19)31)26-24-16(2)22(18-10-7-6-8-11-18)14-20(24)15-23(30)27(26)29/h6-8,10-13,15-16,22H,3-5,9,14,32H2,1-2H3. The number of aryl methyl sites for hydroxylation is 1. The highest BCUT2D eigenvalue weighted by atomic mass is 35.5. The van der Waals surface area contributed by atoms with Gasteiger partial charge in [0.05, 0.1) is 5.02 Å². The fourth-order valence-corrected chi connectivity index (χ4v) is 5.29. The maximum Gasteiger partial charge on any atom is 0.142 e. The van der Waals surface area contributed by atoms with Crippen LogP contribution in [0.25, 0.3) is 16.8 Å². The molecule has 0 aliphatic heterocycles. The van der Waals surface area contributed by atoms with E-state index in [1.54, 1.807) is 12.1 Å². The fourth-order valence-electron chi connectivity index (χ4n) is 5.04. The van der Waals surface area contributed by atoms with Gasteiger partial charge in [-0.05, 0) is 59.4 Å². The van der Waals surface area contributed by atoms with Gasteiger partial charge < -0.3 is 5.73 Å². The lowest BCUT2D eigenvalue weighted by Gasteiger charge is -2.22. The second-order valence-electron chi connectivity index (χ2n) is 8.72. The maximum absolute atomic E-state index is 16.0. The van der Waals surface area contributed by atoms with Gasteiger partial charge in [0.2, 0.25) is 0 Å². The average molecular weight is 452 g/mol. The zero-order valence-corrected chi connectivity index (χ0v) is 19.3. The molecule has 2 N–H and O–H groups in total. The summed E-state index contributed by atoms with van der Waals surface area (Å²) >= 11 is 6.56. The van der Waals surface area contributed by atoms with Crippen molar-refractivity contribution in [2.75, 3.05) is 0 Å². The molecule has 32 heavy (non-hydrogen) atoms. The van der Waals surface area contributed by atoms with Crippen molar-refractivity contribution >= 4 is 17.3 Å². The molecule has 2 atom stereocenters. The van der Waals surface area contributed by atoms with Crippen LogP contribution in [-0.2, 0) is 12.8 Å². The minimum atomic E-state index is -0.534. The molecule has 4 rings (SSSR count). The van der Waals surface area contributed by atoms with Crippen LogP contribution in [0.15, 0.2) is 55.1 Å². The van der Waals surface area contributed by atoms with E-state index in [1.165, 1.54) is 11.6 Å². The molecule has 1 nitrogen and oxygen atoms in total. The summed E-state index contributed by atoms with van der Waals surface area (Å²) in [5.41, 5.74) is 11.0. The Morgan fingerprint density at radius 1 is 1.12 bits per heavy atom. The van der Waals surface area contributed by atoms with E-state index in [1.807, 2.05) is 18.2 Å². The molecule has 0 saturated heterocycles. The van der Waals surface area contributed by atoms with Crippen LogP contribution >= 0.6 is 11.6 Å². The van der Waals surface area contributed by atoms with Crippen LogP contribution in [-0.4, -0.2) is 0 Å². The summed E-state index contributed by atoms with van der Waals surface area (Å²) in [6, 6.07) is 15.2. The largest absolute Gasteiger partial charge is 0.399 e. The molecule has 0 bridgehead atoms. The van der Waals surface area contributed by atoms with E-state index in [9.17, 15) is 0 Å². The quantitative estimate of drug-likeness (QED) is 0.403. The lowest BCUT2D eigenvalue weighted by atomic mass is 9.83. The van der Waals surface area contributed by atoms with Crippen molar-refractivity contribution in [3.63, 3.8) is 0 Å². The van der Waals surface area contributed by atoms with Crippen LogP contribution in [0.4, 0.5) is 8.78 Å². The van der Waals surface area contributed by atoms with Crippen LogP contribution in [0, 0.1) is 11.6 Å². The third kappa shape index (κ3) is 3.84. The van der Waals surface area contributed by atoms with Crippen molar-refractivity contribution in [1.29, 1.82) is 0 Å². The Morgan fingerprint density at radius 2 is 1.84 bits per heavy atom. The first kappa shape index (κ1) is 22.5. The number of halogens is 3. The minimum Gasteiger partial charge on any atom is -0.399 e. The molecule has 2 unspecified atom stereocenters. The molecule has 0 saturated carbocycles. The van der Waals surface area contributed by atoms with E-state index < -0.39 is 5.82 Å². The molecule has 4 heteroatoms. The summed E-state index contributed by atoms with van der Waals surface area (Å²) in [6.07, 6.45) is 3.09. The summed E-state index contributed by atoms with van der Waals surface area (Å²) in [5.74, 6) is -0.711. The second kappa shape index (κ2) is 9.07. The zero-order chi connectivity index (χ0) is 23.0. The first-order chi connectivity index (χ1) is 15.3. The van der Waals surface area contributed by atoms with Gasteiger partial charge in [0.1, 0.15) is 11.6 Å². The van der Waals surface area contributed by atoms with Crippen molar-refractivity contribution in [1.82, 2.24) is 0 Å². The zero-order valence-electron chi connectivity index (χ0n) is 18.5. The molecule has 0 amide bonds. The summed E-state index contributed by atoms with van der Waals surface area (Å²) < 4.78 is 31.0. The number of fused-ring (bicyclic) bond motifs is 1. The fraction of sp³-hybridized carbons (Fsp3) is 0.286. The summed E-state index contributed by atoms with van der Waals surface area (Å²) in [6.45, 7) is 8.02. The monoisotopic (exact) mass is 451 g/mol. The molecular formula is C28H28ClF2N. The second-order valence-corrected chi connectivity index (χ2v) is 9.10. The SMILES string of the molecule is C=C(N)c1ccc(CCCC)c(F)c1-c1c(Cl)c(F)cc2c1C(C)C(c1ccccc1)C2. The Hall–Kier alpha value is -2.65. The van der Waals surface area contributed by atoms with Crippen molar-refractivity contribution in [2.24, 2.45) is 5.73 Å². The van der Waals surface area contributed by atoms with Gasteiger partial charge in [0, 0.05) is 22.4 Å². The number of unbranched alkanes of at least 4 members (excludes halogenated alkanes) is 1. The van der Waals surface area contributed by atoms with Crippen LogP contribution in [0.1, 0.15) is 66.3 Å². The summed E-state index contributed by atoms with van der Waals surface area (Å²) in [4.78, 5) is 0.